The maximum absolute atomic E-state index is 13.4. The third-order valence-corrected chi connectivity index (χ3v) is 9.92. The zero-order valence-corrected chi connectivity index (χ0v) is 24.8. The molecule has 2 unspecified atom stereocenters. The number of nitrogens with two attached hydrogens (primary N) is 1. The number of ether oxygens (including phenoxy) is 4. The van der Waals surface area contributed by atoms with Crippen LogP contribution in [-0.4, -0.2) is 107 Å². The van der Waals surface area contributed by atoms with Crippen LogP contribution in [-0.2, 0) is 43.0 Å². The standard InChI is InChI=1S/C23H31N5O9S3/c1-22(2,3)19(31)36-11-37-20(32)23(40-12-5-34-10-35-6-12)8-28-17(30)15(18(28)39-9-23)26-16(29)14(27-33-4)13-7-38-21(24)25-13/h7,12,15,18H,5-6,8-11H2,1-4H3,(H2,24,25)(H,26,29)/t15?,18-,23?/m1/s1. The summed E-state index contributed by atoms with van der Waals surface area (Å²) >= 11 is 3.78. The number of nitrogen functional groups attached to an aromatic ring is 1. The van der Waals surface area contributed by atoms with Crippen molar-refractivity contribution in [2.75, 3.05) is 51.9 Å². The summed E-state index contributed by atoms with van der Waals surface area (Å²) in [5.41, 5.74) is 5.03. The zero-order chi connectivity index (χ0) is 29.1. The van der Waals surface area contributed by atoms with Gasteiger partial charge in [-0.05, 0) is 20.8 Å². The Kier molecular flexibility index (Phi) is 9.49. The summed E-state index contributed by atoms with van der Waals surface area (Å²) in [6.45, 7) is 5.46. The molecule has 1 aromatic heterocycles. The van der Waals surface area contributed by atoms with Gasteiger partial charge in [0.05, 0.1) is 23.9 Å². The number of β-lactam (4-membered cyclic amide) rings is 1. The topological polar surface area (TPSA) is 181 Å². The fourth-order valence-electron chi connectivity index (χ4n) is 4.03. The highest BCUT2D eigenvalue weighted by Gasteiger charge is 2.59. The predicted octanol–water partition coefficient (Wildman–Crippen LogP) is 0.411. The largest absolute Gasteiger partial charge is 0.427 e. The van der Waals surface area contributed by atoms with Crippen LogP contribution < -0.4 is 11.1 Å². The molecule has 4 rings (SSSR count). The highest BCUT2D eigenvalue weighted by atomic mass is 32.2. The lowest BCUT2D eigenvalue weighted by molar-refractivity contribution is -0.175. The summed E-state index contributed by atoms with van der Waals surface area (Å²) in [5, 5.41) is 7.67. The van der Waals surface area contributed by atoms with Crippen LogP contribution in [0.5, 0.6) is 0 Å². The van der Waals surface area contributed by atoms with Crippen LogP contribution in [0, 0.1) is 5.41 Å². The summed E-state index contributed by atoms with van der Waals surface area (Å²) in [6, 6.07) is -0.844. The summed E-state index contributed by atoms with van der Waals surface area (Å²) in [6.07, 6.45) is 0. The van der Waals surface area contributed by atoms with E-state index >= 15 is 0 Å². The van der Waals surface area contributed by atoms with Crippen LogP contribution in [0.15, 0.2) is 10.5 Å². The average molecular weight is 618 g/mol. The Labute approximate surface area is 243 Å². The molecule has 3 aliphatic heterocycles. The minimum Gasteiger partial charge on any atom is -0.427 e. The molecule has 3 saturated heterocycles. The van der Waals surface area contributed by atoms with Gasteiger partial charge in [0.1, 0.15) is 35.8 Å². The lowest BCUT2D eigenvalue weighted by Gasteiger charge is -2.54. The molecule has 3 N–H and O–H groups in total. The molecule has 0 saturated carbocycles. The fraction of sp³-hybridized carbons (Fsp3) is 0.652. The van der Waals surface area contributed by atoms with Gasteiger partial charge >= 0.3 is 11.9 Å². The van der Waals surface area contributed by atoms with Crippen molar-refractivity contribution >= 4 is 69.5 Å². The van der Waals surface area contributed by atoms with E-state index < -0.39 is 46.2 Å². The van der Waals surface area contributed by atoms with E-state index in [1.165, 1.54) is 35.5 Å². The van der Waals surface area contributed by atoms with Crippen molar-refractivity contribution < 1.29 is 43.0 Å². The lowest BCUT2D eigenvalue weighted by Crippen LogP contribution is -2.75. The Morgan fingerprint density at radius 3 is 2.65 bits per heavy atom. The van der Waals surface area contributed by atoms with Gasteiger partial charge in [-0.1, -0.05) is 5.16 Å². The van der Waals surface area contributed by atoms with Crippen LogP contribution in [0.4, 0.5) is 5.13 Å². The van der Waals surface area contributed by atoms with E-state index in [-0.39, 0.29) is 46.8 Å². The molecule has 3 aliphatic rings. The van der Waals surface area contributed by atoms with Crippen LogP contribution in [0.1, 0.15) is 26.5 Å². The number of rotatable bonds is 9. The van der Waals surface area contributed by atoms with Crippen LogP contribution >= 0.6 is 34.9 Å². The number of hydrogen-bond donors (Lipinski definition) is 2. The van der Waals surface area contributed by atoms with Gasteiger partial charge in [-0.2, -0.15) is 0 Å². The minimum atomic E-state index is -1.17. The van der Waals surface area contributed by atoms with Crippen molar-refractivity contribution in [3.05, 3.63) is 11.1 Å². The maximum Gasteiger partial charge on any atom is 0.327 e. The van der Waals surface area contributed by atoms with E-state index in [2.05, 4.69) is 15.5 Å². The number of nitrogens with one attached hydrogen (secondary N) is 1. The minimum absolute atomic E-state index is 0.0325. The van der Waals surface area contributed by atoms with E-state index in [9.17, 15) is 19.2 Å². The Balaban J connectivity index is 1.43. The molecule has 14 nitrogen and oxygen atoms in total. The predicted molar refractivity (Wildman–Crippen MR) is 147 cm³/mol. The lowest BCUT2D eigenvalue weighted by atomic mass is 9.98. The SMILES string of the molecule is CON=C(C(=O)NC1C(=O)N2CC(SC3COCOC3)(C(=O)OCOC(=O)C(C)(C)C)CS[C@H]12)c1csc(N)n1. The summed E-state index contributed by atoms with van der Waals surface area (Å²) < 4.78 is 20.1. The van der Waals surface area contributed by atoms with Crippen molar-refractivity contribution in [3.63, 3.8) is 0 Å². The van der Waals surface area contributed by atoms with Gasteiger partial charge in [0, 0.05) is 17.7 Å². The fourth-order valence-corrected chi connectivity index (χ4v) is 7.78. The maximum atomic E-state index is 13.4. The van der Waals surface area contributed by atoms with Gasteiger partial charge in [0.15, 0.2) is 10.8 Å². The number of thioether (sulfide) groups is 2. The molecule has 3 fully saturated rings. The molecular formula is C23H31N5O9S3. The number of nitrogens with zero attached hydrogens (tertiary/aromatic N) is 3. The Bertz CT molecular complexity index is 1170. The summed E-state index contributed by atoms with van der Waals surface area (Å²) in [5.74, 6) is -1.88. The van der Waals surface area contributed by atoms with E-state index in [0.29, 0.717) is 13.2 Å². The molecule has 3 atom stereocenters. The monoisotopic (exact) mass is 617 g/mol. The Morgan fingerprint density at radius 2 is 2.02 bits per heavy atom. The first kappa shape index (κ1) is 30.4. The van der Waals surface area contributed by atoms with Crippen molar-refractivity contribution in [1.82, 2.24) is 15.2 Å². The molecule has 17 heteroatoms. The average Bonchev–Trinajstić information content (AvgIpc) is 3.35. The number of fused-ring (bicyclic) bond motifs is 1. The second-order valence-electron chi connectivity index (χ2n) is 10.1. The molecule has 2 amide bonds. The first-order valence-corrected chi connectivity index (χ1v) is 15.0. The van der Waals surface area contributed by atoms with E-state index in [1.54, 1.807) is 26.2 Å². The normalized spacial score (nSPS) is 25.4. The van der Waals surface area contributed by atoms with Gasteiger partial charge in [0.25, 0.3) is 5.91 Å². The number of oxime groups is 1. The smallest absolute Gasteiger partial charge is 0.327 e. The molecule has 220 valence electrons. The summed E-state index contributed by atoms with van der Waals surface area (Å²) in [7, 11) is 1.29. The number of anilines is 1. The van der Waals surface area contributed by atoms with Gasteiger partial charge in [0.2, 0.25) is 12.7 Å². The second kappa shape index (κ2) is 12.5. The molecular weight excluding hydrogens is 586 g/mol. The van der Waals surface area contributed by atoms with Crippen LogP contribution in [0.3, 0.4) is 0 Å². The number of amides is 2. The van der Waals surface area contributed by atoms with E-state index in [0.717, 1.165) is 11.3 Å². The van der Waals surface area contributed by atoms with Gasteiger partial charge in [-0.25, -0.2) is 4.98 Å². The first-order chi connectivity index (χ1) is 18.9. The second-order valence-corrected chi connectivity index (χ2v) is 13.8. The van der Waals surface area contributed by atoms with Crippen molar-refractivity contribution in [2.24, 2.45) is 10.6 Å². The third-order valence-electron chi connectivity index (χ3n) is 6.03. The first-order valence-electron chi connectivity index (χ1n) is 12.2. The Morgan fingerprint density at radius 1 is 1.30 bits per heavy atom. The molecule has 0 aliphatic carbocycles. The van der Waals surface area contributed by atoms with Gasteiger partial charge in [-0.3, -0.25) is 19.2 Å². The number of thiazole rings is 1. The van der Waals surface area contributed by atoms with E-state index in [1.807, 2.05) is 0 Å². The number of carbonyl (C=O) groups is 4. The number of aromatic nitrogens is 1. The highest BCUT2D eigenvalue weighted by Crippen LogP contribution is 2.46. The molecule has 0 aromatic carbocycles. The molecule has 1 aromatic rings. The highest BCUT2D eigenvalue weighted by molar-refractivity contribution is 8.05. The molecule has 4 heterocycles. The van der Waals surface area contributed by atoms with E-state index in [4.69, 9.17) is 29.5 Å². The van der Waals surface area contributed by atoms with Crippen LogP contribution in [0.2, 0.25) is 0 Å². The zero-order valence-electron chi connectivity index (χ0n) is 22.4. The van der Waals surface area contributed by atoms with Gasteiger partial charge in [-0.15, -0.1) is 34.9 Å². The molecule has 0 spiro atoms. The van der Waals surface area contributed by atoms with Crippen molar-refractivity contribution in [2.45, 2.75) is 42.2 Å². The molecule has 0 radical (unpaired) electrons. The number of hydrogen-bond acceptors (Lipinski definition) is 15. The number of carbonyl (C=O) groups excluding carboxylic acids is 4. The van der Waals surface area contributed by atoms with Gasteiger partial charge < -0.3 is 39.7 Å². The summed E-state index contributed by atoms with van der Waals surface area (Å²) in [4.78, 5) is 62.0. The van der Waals surface area contributed by atoms with Crippen LogP contribution in [0.25, 0.3) is 0 Å². The Hall–Kier alpha value is -2.60. The van der Waals surface area contributed by atoms with Crippen molar-refractivity contribution in [1.29, 1.82) is 0 Å². The quantitative estimate of drug-likeness (QED) is 0.128. The third kappa shape index (κ3) is 6.64. The molecule has 0 bridgehead atoms. The number of esters is 2. The molecule has 40 heavy (non-hydrogen) atoms. The van der Waals surface area contributed by atoms with Crippen molar-refractivity contribution in [3.8, 4) is 0 Å².